The third-order valence-electron chi connectivity index (χ3n) is 5.22. The van der Waals surface area contributed by atoms with E-state index in [0.717, 1.165) is 11.1 Å². The van der Waals surface area contributed by atoms with Crippen LogP contribution in [-0.2, 0) is 22.6 Å². The van der Waals surface area contributed by atoms with Gasteiger partial charge in [0.1, 0.15) is 18.5 Å². The molecular weight excluding hydrogens is 427 g/mol. The lowest BCUT2D eigenvalue weighted by molar-refractivity contribution is 0.0963. The molecule has 0 saturated carbocycles. The second kappa shape index (κ2) is 10.1. The molecule has 1 heterocycles. The number of aliphatic hydroxyl groups is 1. The van der Waals surface area contributed by atoms with E-state index in [9.17, 15) is 14.7 Å². The Labute approximate surface area is 190 Å². The predicted molar refractivity (Wildman–Crippen MR) is 120 cm³/mol. The standard InChI is InChI=1S/C25H23FN2O5/c26-22-13-20(27-15-21(16-29)33-25(27)31)11-12-23(22)28(14-18-7-3-1-4-8-18)24(30)32-17-19-9-5-2-6-10-19/h1-13,21,29H,14-17H2/t21-/m1/s1. The number of amides is 2. The van der Waals surface area contributed by atoms with Crippen LogP contribution in [-0.4, -0.2) is 36.5 Å². The number of ether oxygens (including phenoxy) is 2. The molecule has 0 unspecified atom stereocenters. The molecule has 0 bridgehead atoms. The fourth-order valence-electron chi connectivity index (χ4n) is 3.52. The molecule has 1 fully saturated rings. The summed E-state index contributed by atoms with van der Waals surface area (Å²) in [4.78, 5) is 27.5. The van der Waals surface area contributed by atoms with Gasteiger partial charge in [-0.05, 0) is 29.3 Å². The number of carbonyl (C=O) groups is 2. The Balaban J connectivity index is 1.58. The third kappa shape index (κ3) is 5.30. The van der Waals surface area contributed by atoms with E-state index in [1.165, 1.54) is 28.0 Å². The van der Waals surface area contributed by atoms with Crippen molar-refractivity contribution in [3.63, 3.8) is 0 Å². The number of hydrogen-bond donors (Lipinski definition) is 1. The van der Waals surface area contributed by atoms with E-state index in [2.05, 4.69) is 0 Å². The van der Waals surface area contributed by atoms with Crippen LogP contribution < -0.4 is 9.80 Å². The molecule has 8 heteroatoms. The van der Waals surface area contributed by atoms with Gasteiger partial charge >= 0.3 is 12.2 Å². The largest absolute Gasteiger partial charge is 0.444 e. The van der Waals surface area contributed by atoms with Crippen molar-refractivity contribution in [1.29, 1.82) is 0 Å². The van der Waals surface area contributed by atoms with Crippen molar-refractivity contribution < 1.29 is 28.6 Å². The molecule has 1 saturated heterocycles. The summed E-state index contributed by atoms with van der Waals surface area (Å²) in [6, 6.07) is 22.5. The van der Waals surface area contributed by atoms with Crippen LogP contribution in [0.15, 0.2) is 78.9 Å². The van der Waals surface area contributed by atoms with E-state index in [1.807, 2.05) is 60.7 Å². The summed E-state index contributed by atoms with van der Waals surface area (Å²) < 4.78 is 25.7. The number of carbonyl (C=O) groups excluding carboxylic acids is 2. The lowest BCUT2D eigenvalue weighted by atomic mass is 10.2. The lowest BCUT2D eigenvalue weighted by Crippen LogP contribution is -2.32. The molecule has 1 aliphatic rings. The van der Waals surface area contributed by atoms with Crippen LogP contribution in [0, 0.1) is 5.82 Å². The Morgan fingerprint density at radius 2 is 1.73 bits per heavy atom. The highest BCUT2D eigenvalue weighted by Crippen LogP contribution is 2.29. The van der Waals surface area contributed by atoms with Gasteiger partial charge in [0.05, 0.1) is 31.1 Å². The number of hydrogen-bond acceptors (Lipinski definition) is 5. The fourth-order valence-corrected chi connectivity index (χ4v) is 3.52. The van der Waals surface area contributed by atoms with E-state index < -0.39 is 24.1 Å². The smallest absolute Gasteiger partial charge is 0.415 e. The summed E-state index contributed by atoms with van der Waals surface area (Å²) >= 11 is 0. The highest BCUT2D eigenvalue weighted by Gasteiger charge is 2.32. The molecule has 3 aromatic rings. The van der Waals surface area contributed by atoms with Gasteiger partial charge in [-0.3, -0.25) is 9.80 Å². The minimum atomic E-state index is -0.699. The van der Waals surface area contributed by atoms with Gasteiger partial charge in [0.2, 0.25) is 0 Å². The normalized spacial score (nSPS) is 15.3. The summed E-state index contributed by atoms with van der Waals surface area (Å²) in [5, 5.41) is 9.22. The second-order valence-electron chi connectivity index (χ2n) is 7.55. The third-order valence-corrected chi connectivity index (χ3v) is 5.22. The van der Waals surface area contributed by atoms with E-state index in [1.54, 1.807) is 0 Å². The summed E-state index contributed by atoms with van der Waals surface area (Å²) in [7, 11) is 0. The van der Waals surface area contributed by atoms with Crippen LogP contribution in [0.1, 0.15) is 11.1 Å². The number of nitrogens with zero attached hydrogens (tertiary/aromatic N) is 2. The first kappa shape index (κ1) is 22.3. The number of aliphatic hydroxyl groups excluding tert-OH is 1. The van der Waals surface area contributed by atoms with Crippen LogP contribution in [0.25, 0.3) is 0 Å². The van der Waals surface area contributed by atoms with Gasteiger partial charge in [0.15, 0.2) is 0 Å². The van der Waals surface area contributed by atoms with E-state index in [-0.39, 0.29) is 37.7 Å². The number of halogens is 1. The summed E-state index contributed by atoms with van der Waals surface area (Å²) in [5.41, 5.74) is 1.90. The van der Waals surface area contributed by atoms with Gasteiger partial charge in [-0.15, -0.1) is 0 Å². The van der Waals surface area contributed by atoms with Crippen molar-refractivity contribution >= 4 is 23.6 Å². The average Bonchev–Trinajstić information content (AvgIpc) is 3.23. The Kier molecular flexibility index (Phi) is 6.85. The molecule has 33 heavy (non-hydrogen) atoms. The van der Waals surface area contributed by atoms with Crippen LogP contribution in [0.2, 0.25) is 0 Å². The zero-order chi connectivity index (χ0) is 23.2. The van der Waals surface area contributed by atoms with Crippen LogP contribution in [0.4, 0.5) is 25.4 Å². The number of anilines is 2. The average molecular weight is 450 g/mol. The van der Waals surface area contributed by atoms with Gasteiger partial charge in [-0.2, -0.15) is 0 Å². The minimum absolute atomic E-state index is 0.0203. The maximum absolute atomic E-state index is 15.2. The molecule has 4 rings (SSSR count). The molecule has 0 radical (unpaired) electrons. The Morgan fingerprint density at radius 3 is 2.33 bits per heavy atom. The molecule has 2 amide bonds. The molecule has 170 valence electrons. The van der Waals surface area contributed by atoms with Gasteiger partial charge in [0, 0.05) is 0 Å². The van der Waals surface area contributed by atoms with Gasteiger partial charge in [-0.1, -0.05) is 60.7 Å². The molecule has 1 N–H and O–H groups in total. The highest BCUT2D eigenvalue weighted by molar-refractivity contribution is 5.91. The first-order valence-corrected chi connectivity index (χ1v) is 10.5. The Hall–Kier alpha value is -3.91. The Morgan fingerprint density at radius 1 is 1.06 bits per heavy atom. The molecule has 7 nitrogen and oxygen atoms in total. The van der Waals surface area contributed by atoms with Crippen LogP contribution in [0.3, 0.4) is 0 Å². The SMILES string of the molecule is O=C1O[C@@H](CO)CN1c1ccc(N(Cc2ccccc2)C(=O)OCc2ccccc2)c(F)c1. The predicted octanol–water partition coefficient (Wildman–Crippen LogP) is 4.49. The number of rotatable bonds is 7. The lowest BCUT2D eigenvalue weighted by Gasteiger charge is -2.24. The monoisotopic (exact) mass is 450 g/mol. The molecule has 1 aliphatic heterocycles. The van der Waals surface area contributed by atoms with Crippen molar-refractivity contribution in [1.82, 2.24) is 0 Å². The molecule has 0 aromatic heterocycles. The quantitative estimate of drug-likeness (QED) is 0.574. The first-order valence-electron chi connectivity index (χ1n) is 10.5. The minimum Gasteiger partial charge on any atom is -0.444 e. The van der Waals surface area contributed by atoms with Crippen molar-refractivity contribution in [2.45, 2.75) is 19.3 Å². The van der Waals surface area contributed by atoms with Gasteiger partial charge in [0.25, 0.3) is 0 Å². The van der Waals surface area contributed by atoms with Crippen molar-refractivity contribution in [3.05, 3.63) is 95.8 Å². The summed E-state index contributed by atoms with van der Waals surface area (Å²) in [5.74, 6) is -0.694. The van der Waals surface area contributed by atoms with Crippen molar-refractivity contribution in [2.24, 2.45) is 0 Å². The van der Waals surface area contributed by atoms with Gasteiger partial charge in [-0.25, -0.2) is 14.0 Å². The number of cyclic esters (lactones) is 1. The highest BCUT2D eigenvalue weighted by atomic mass is 19.1. The maximum Gasteiger partial charge on any atom is 0.415 e. The van der Waals surface area contributed by atoms with Gasteiger partial charge < -0.3 is 14.6 Å². The van der Waals surface area contributed by atoms with Crippen LogP contribution >= 0.6 is 0 Å². The second-order valence-corrected chi connectivity index (χ2v) is 7.55. The molecule has 1 atom stereocenters. The van der Waals surface area contributed by atoms with E-state index in [4.69, 9.17) is 9.47 Å². The molecular formula is C25H23FN2O5. The summed E-state index contributed by atoms with van der Waals surface area (Å²) in [6.07, 6.45) is -2.03. The van der Waals surface area contributed by atoms with E-state index >= 15 is 4.39 Å². The van der Waals surface area contributed by atoms with Crippen molar-refractivity contribution in [2.75, 3.05) is 23.0 Å². The Bertz CT molecular complexity index is 1110. The maximum atomic E-state index is 15.2. The molecule has 0 aliphatic carbocycles. The first-order chi connectivity index (χ1) is 16.0. The zero-order valence-electron chi connectivity index (χ0n) is 17.8. The molecule has 3 aromatic carbocycles. The molecule has 0 spiro atoms. The zero-order valence-corrected chi connectivity index (χ0v) is 17.8. The number of benzene rings is 3. The topological polar surface area (TPSA) is 79.3 Å². The van der Waals surface area contributed by atoms with Crippen molar-refractivity contribution in [3.8, 4) is 0 Å². The van der Waals surface area contributed by atoms with Crippen LogP contribution in [0.5, 0.6) is 0 Å². The van der Waals surface area contributed by atoms with E-state index in [0.29, 0.717) is 0 Å². The summed E-state index contributed by atoms with van der Waals surface area (Å²) in [6.45, 7) is -0.0578. The fraction of sp³-hybridized carbons (Fsp3) is 0.200.